The molecular weight excluding hydrogens is 328 g/mol. The number of hydrogen-bond acceptors (Lipinski definition) is 8. The van der Waals surface area contributed by atoms with Crippen LogP contribution in [0, 0.1) is 0 Å². The molecule has 1 aromatic carbocycles. The molecule has 1 aliphatic rings. The first-order valence-corrected chi connectivity index (χ1v) is 8.79. The second-order valence-electron chi connectivity index (χ2n) is 5.27. The van der Waals surface area contributed by atoms with Gasteiger partial charge in [0, 0.05) is 0 Å². The predicted octanol–water partition coefficient (Wildman–Crippen LogP) is -1.01. The monoisotopic (exact) mass is 348 g/mol. The number of benzene rings is 1. The van der Waals surface area contributed by atoms with Crippen molar-refractivity contribution in [3.8, 4) is 0 Å². The first kappa shape index (κ1) is 18.3. The second kappa shape index (κ2) is 7.67. The lowest BCUT2D eigenvalue weighted by Crippen LogP contribution is -2.60. The summed E-state index contributed by atoms with van der Waals surface area (Å²) in [5, 5.41) is 29.1. The van der Waals surface area contributed by atoms with Gasteiger partial charge in [0.1, 0.15) is 18.3 Å². The van der Waals surface area contributed by atoms with Gasteiger partial charge in [0.2, 0.25) is 0 Å². The van der Waals surface area contributed by atoms with Crippen molar-refractivity contribution in [2.45, 2.75) is 37.3 Å². The fourth-order valence-electron chi connectivity index (χ4n) is 2.25. The molecule has 3 N–H and O–H groups in total. The molecule has 0 aliphatic carbocycles. The van der Waals surface area contributed by atoms with E-state index in [9.17, 15) is 23.7 Å². The third-order valence-corrected chi connectivity index (χ3v) is 3.94. The second-order valence-corrected chi connectivity index (χ2v) is 6.87. The quantitative estimate of drug-likeness (QED) is 0.559. The summed E-state index contributed by atoms with van der Waals surface area (Å²) in [5.41, 5.74) is 0.801. The zero-order chi connectivity index (χ0) is 17.0. The SMILES string of the molecule is CS(=O)(=O)O[C@H]1[C@@H](OCc2ccccc2)O[C@@H](CO)[C@@H](O)[C@H]1O. The number of ether oxygens (including phenoxy) is 2. The van der Waals surface area contributed by atoms with E-state index in [4.69, 9.17) is 13.7 Å². The molecule has 1 saturated heterocycles. The third-order valence-electron chi connectivity index (χ3n) is 3.37. The fraction of sp³-hybridized carbons (Fsp3) is 0.571. The maximum atomic E-state index is 11.3. The Morgan fingerprint density at radius 1 is 1.17 bits per heavy atom. The Kier molecular flexibility index (Phi) is 6.09. The lowest BCUT2D eigenvalue weighted by Gasteiger charge is -2.41. The summed E-state index contributed by atoms with van der Waals surface area (Å²) < 4.78 is 38.3. The lowest BCUT2D eigenvalue weighted by molar-refractivity contribution is -0.297. The van der Waals surface area contributed by atoms with Crippen LogP contribution in [-0.2, 0) is 30.4 Å². The average molecular weight is 348 g/mol. The highest BCUT2D eigenvalue weighted by Gasteiger charge is 2.47. The van der Waals surface area contributed by atoms with Gasteiger partial charge in [-0.1, -0.05) is 30.3 Å². The van der Waals surface area contributed by atoms with Gasteiger partial charge < -0.3 is 24.8 Å². The fourth-order valence-corrected chi connectivity index (χ4v) is 2.86. The molecule has 1 heterocycles. The van der Waals surface area contributed by atoms with Crippen LogP contribution >= 0.6 is 0 Å². The maximum Gasteiger partial charge on any atom is 0.264 e. The molecule has 2 rings (SSSR count). The highest BCUT2D eigenvalue weighted by molar-refractivity contribution is 7.86. The van der Waals surface area contributed by atoms with Gasteiger partial charge in [-0.05, 0) is 5.56 Å². The Labute approximate surface area is 134 Å². The minimum absolute atomic E-state index is 0.0795. The van der Waals surface area contributed by atoms with E-state index in [1.54, 1.807) is 24.3 Å². The molecule has 5 atom stereocenters. The van der Waals surface area contributed by atoms with Gasteiger partial charge in [-0.2, -0.15) is 8.42 Å². The molecule has 8 nitrogen and oxygen atoms in total. The normalized spacial score (nSPS) is 31.9. The van der Waals surface area contributed by atoms with Crippen molar-refractivity contribution in [2.75, 3.05) is 12.9 Å². The summed E-state index contributed by atoms with van der Waals surface area (Å²) in [7, 11) is -3.91. The molecule has 1 aliphatic heterocycles. The lowest BCUT2D eigenvalue weighted by atomic mass is 9.99. The topological polar surface area (TPSA) is 123 Å². The van der Waals surface area contributed by atoms with Gasteiger partial charge in [0.25, 0.3) is 10.1 Å². The Balaban J connectivity index is 2.13. The zero-order valence-electron chi connectivity index (χ0n) is 12.5. The molecule has 9 heteroatoms. The Morgan fingerprint density at radius 3 is 2.39 bits per heavy atom. The van der Waals surface area contributed by atoms with Crippen LogP contribution in [-0.4, -0.2) is 67.3 Å². The van der Waals surface area contributed by atoms with Crippen LogP contribution in [0.3, 0.4) is 0 Å². The highest BCUT2D eigenvalue weighted by Crippen LogP contribution is 2.26. The summed E-state index contributed by atoms with van der Waals surface area (Å²) in [6, 6.07) is 9.03. The molecule has 0 amide bonds. The first-order chi connectivity index (χ1) is 10.8. The van der Waals surface area contributed by atoms with Crippen molar-refractivity contribution < 1.29 is 37.4 Å². The van der Waals surface area contributed by atoms with Crippen LogP contribution in [0.1, 0.15) is 5.56 Å². The predicted molar refractivity (Wildman–Crippen MR) is 78.7 cm³/mol. The van der Waals surface area contributed by atoms with E-state index in [1.807, 2.05) is 6.07 Å². The number of aliphatic hydroxyl groups is 3. The standard InChI is InChI=1S/C14H20O8S/c1-23(18,19)22-13-12(17)11(16)10(7-15)21-14(13)20-8-9-5-3-2-4-6-9/h2-6,10-17H,7-8H2,1H3/t10-,11+,12+,13+,14-/m0/s1. The largest absolute Gasteiger partial charge is 0.394 e. The van der Waals surface area contributed by atoms with Gasteiger partial charge >= 0.3 is 0 Å². The van der Waals surface area contributed by atoms with Gasteiger partial charge in [-0.3, -0.25) is 4.18 Å². The molecule has 0 spiro atoms. The molecule has 1 fully saturated rings. The van der Waals surface area contributed by atoms with E-state index in [0.717, 1.165) is 11.8 Å². The van der Waals surface area contributed by atoms with Crippen LogP contribution in [0.4, 0.5) is 0 Å². The van der Waals surface area contributed by atoms with Crippen molar-refractivity contribution in [2.24, 2.45) is 0 Å². The Hall–Kier alpha value is -1.07. The molecule has 0 bridgehead atoms. The Bertz CT molecular complexity index is 590. The van der Waals surface area contributed by atoms with Gasteiger partial charge in [-0.25, -0.2) is 0 Å². The van der Waals surface area contributed by atoms with Crippen LogP contribution in [0.2, 0.25) is 0 Å². The van der Waals surface area contributed by atoms with E-state index in [0.29, 0.717) is 0 Å². The molecule has 0 saturated carbocycles. The molecule has 1 aromatic rings. The minimum atomic E-state index is -3.91. The van der Waals surface area contributed by atoms with Crippen molar-refractivity contribution in [1.82, 2.24) is 0 Å². The smallest absolute Gasteiger partial charge is 0.264 e. The third kappa shape index (κ3) is 4.95. The van der Waals surface area contributed by atoms with Crippen molar-refractivity contribution in [3.05, 3.63) is 35.9 Å². The number of rotatable bonds is 6. The van der Waals surface area contributed by atoms with Crippen molar-refractivity contribution in [3.63, 3.8) is 0 Å². The van der Waals surface area contributed by atoms with E-state index in [1.165, 1.54) is 0 Å². The summed E-state index contributed by atoms with van der Waals surface area (Å²) in [6.07, 6.45) is -6.07. The number of aliphatic hydroxyl groups excluding tert-OH is 3. The van der Waals surface area contributed by atoms with E-state index in [-0.39, 0.29) is 6.61 Å². The number of hydrogen-bond donors (Lipinski definition) is 3. The van der Waals surface area contributed by atoms with Crippen molar-refractivity contribution in [1.29, 1.82) is 0 Å². The molecular formula is C14H20O8S. The minimum Gasteiger partial charge on any atom is -0.394 e. The zero-order valence-corrected chi connectivity index (χ0v) is 13.3. The highest BCUT2D eigenvalue weighted by atomic mass is 32.2. The van der Waals surface area contributed by atoms with Gasteiger partial charge in [0.15, 0.2) is 12.4 Å². The molecule has 0 unspecified atom stereocenters. The van der Waals surface area contributed by atoms with Gasteiger partial charge in [-0.15, -0.1) is 0 Å². The summed E-state index contributed by atoms with van der Waals surface area (Å²) in [6.45, 7) is -0.481. The van der Waals surface area contributed by atoms with Crippen molar-refractivity contribution >= 4 is 10.1 Å². The molecule has 23 heavy (non-hydrogen) atoms. The molecule has 130 valence electrons. The molecule has 0 aromatic heterocycles. The van der Waals surface area contributed by atoms with Crippen LogP contribution in [0.25, 0.3) is 0 Å². The summed E-state index contributed by atoms with van der Waals surface area (Å²) >= 11 is 0. The molecule has 0 radical (unpaired) electrons. The Morgan fingerprint density at radius 2 is 1.83 bits per heavy atom. The van der Waals surface area contributed by atoms with Gasteiger partial charge in [0.05, 0.1) is 19.5 Å². The summed E-state index contributed by atoms with van der Waals surface area (Å²) in [4.78, 5) is 0. The average Bonchev–Trinajstić information content (AvgIpc) is 2.51. The van der Waals surface area contributed by atoms with E-state index in [2.05, 4.69) is 0 Å². The van der Waals surface area contributed by atoms with E-state index < -0.39 is 47.4 Å². The summed E-state index contributed by atoms with van der Waals surface area (Å²) in [5.74, 6) is 0. The van der Waals surface area contributed by atoms with Crippen LogP contribution in [0.5, 0.6) is 0 Å². The van der Waals surface area contributed by atoms with Crippen LogP contribution < -0.4 is 0 Å². The first-order valence-electron chi connectivity index (χ1n) is 6.98. The maximum absolute atomic E-state index is 11.3. The van der Waals surface area contributed by atoms with E-state index >= 15 is 0 Å². The van der Waals surface area contributed by atoms with Crippen LogP contribution in [0.15, 0.2) is 30.3 Å².